The van der Waals surface area contributed by atoms with E-state index < -0.39 is 5.91 Å². The summed E-state index contributed by atoms with van der Waals surface area (Å²) in [5.41, 5.74) is 5.03. The van der Waals surface area contributed by atoms with Crippen LogP contribution in [0.5, 0.6) is 0 Å². The Balaban J connectivity index is 1.84. The molecule has 2 aromatic rings. The molecule has 0 unspecified atom stereocenters. The molecular weight excluding hydrogens is 306 g/mol. The van der Waals surface area contributed by atoms with Gasteiger partial charge in [0.05, 0.1) is 11.5 Å². The molecule has 0 spiro atoms. The van der Waals surface area contributed by atoms with Gasteiger partial charge in [-0.15, -0.1) is 20.4 Å². The van der Waals surface area contributed by atoms with Gasteiger partial charge in [0.15, 0.2) is 4.34 Å². The first kappa shape index (κ1) is 14.3. The zero-order valence-corrected chi connectivity index (χ0v) is 12.5. The van der Waals surface area contributed by atoms with E-state index in [1.807, 2.05) is 6.92 Å². The summed E-state index contributed by atoms with van der Waals surface area (Å²) in [5.74, 6) is 0.735. The summed E-state index contributed by atoms with van der Waals surface area (Å²) < 4.78 is 6.23. The van der Waals surface area contributed by atoms with Crippen molar-refractivity contribution in [3.05, 3.63) is 10.9 Å². The third-order valence-corrected chi connectivity index (χ3v) is 4.88. The molecule has 0 radical (unpaired) electrons. The fraction of sp³-hybridized carbons (Fsp3) is 0.444. The van der Waals surface area contributed by atoms with Crippen molar-refractivity contribution in [1.29, 1.82) is 0 Å². The molecule has 0 fully saturated rings. The first-order valence-corrected chi connectivity index (χ1v) is 8.14. The van der Waals surface area contributed by atoms with Crippen LogP contribution in [0.2, 0.25) is 0 Å². The minimum atomic E-state index is -0.417. The van der Waals surface area contributed by atoms with E-state index in [-0.39, 0.29) is 5.75 Å². The Hall–Kier alpha value is -1.13. The molecule has 0 aliphatic heterocycles. The van der Waals surface area contributed by atoms with Crippen LogP contribution >= 0.6 is 34.9 Å². The SMILES string of the molecule is CCc1nnc(SCc2nnc(SCC(N)=O)o2)s1. The smallest absolute Gasteiger partial charge is 0.277 e. The molecule has 2 heterocycles. The van der Waals surface area contributed by atoms with E-state index in [0.29, 0.717) is 16.9 Å². The highest BCUT2D eigenvalue weighted by Gasteiger charge is 2.10. The molecule has 0 saturated heterocycles. The van der Waals surface area contributed by atoms with Crippen LogP contribution in [0.1, 0.15) is 17.8 Å². The number of aryl methyl sites for hydroxylation is 1. The van der Waals surface area contributed by atoms with Crippen LogP contribution < -0.4 is 5.73 Å². The van der Waals surface area contributed by atoms with Gasteiger partial charge in [0.25, 0.3) is 5.22 Å². The summed E-state index contributed by atoms with van der Waals surface area (Å²) in [6, 6.07) is 0. The summed E-state index contributed by atoms with van der Waals surface area (Å²) in [6.45, 7) is 2.04. The highest BCUT2D eigenvalue weighted by atomic mass is 32.2. The number of nitrogens with two attached hydrogens (primary N) is 1. The molecule has 0 aliphatic rings. The van der Waals surface area contributed by atoms with E-state index in [1.54, 1.807) is 11.3 Å². The van der Waals surface area contributed by atoms with Crippen molar-refractivity contribution in [2.75, 3.05) is 5.75 Å². The lowest BCUT2D eigenvalue weighted by molar-refractivity contribution is -0.115. The molecule has 0 bridgehead atoms. The van der Waals surface area contributed by atoms with Gasteiger partial charge in [0.1, 0.15) is 5.01 Å². The van der Waals surface area contributed by atoms with Crippen LogP contribution in [0.3, 0.4) is 0 Å². The number of rotatable bonds is 7. The lowest BCUT2D eigenvalue weighted by Gasteiger charge is -1.91. The van der Waals surface area contributed by atoms with Crippen LogP contribution in [0.15, 0.2) is 14.0 Å². The Morgan fingerprint density at radius 1 is 1.32 bits per heavy atom. The molecule has 2 rings (SSSR count). The van der Waals surface area contributed by atoms with Crippen molar-refractivity contribution in [3.63, 3.8) is 0 Å². The maximum absolute atomic E-state index is 10.6. The molecule has 2 aromatic heterocycles. The number of aromatic nitrogens is 4. The average Bonchev–Trinajstić information content (AvgIpc) is 3.03. The Labute approximate surface area is 121 Å². The third-order valence-electron chi connectivity index (χ3n) is 1.86. The maximum atomic E-state index is 10.6. The topological polar surface area (TPSA) is 108 Å². The molecule has 102 valence electrons. The third kappa shape index (κ3) is 4.48. The van der Waals surface area contributed by atoms with Crippen molar-refractivity contribution in [2.24, 2.45) is 5.73 Å². The van der Waals surface area contributed by atoms with Crippen molar-refractivity contribution in [3.8, 4) is 0 Å². The standard InChI is InChI=1S/C9H11N5O2S3/c1-2-7-12-14-9(19-7)18-4-6-11-13-8(16-6)17-3-5(10)15/h2-4H2,1H3,(H2,10,15). The lowest BCUT2D eigenvalue weighted by atomic mass is 10.5. The summed E-state index contributed by atoms with van der Waals surface area (Å²) in [6.07, 6.45) is 0.882. The highest BCUT2D eigenvalue weighted by Crippen LogP contribution is 2.26. The van der Waals surface area contributed by atoms with Gasteiger partial charge < -0.3 is 10.2 Å². The van der Waals surface area contributed by atoms with Crippen molar-refractivity contribution >= 4 is 40.8 Å². The predicted molar refractivity (Wildman–Crippen MR) is 73.1 cm³/mol. The number of carbonyl (C=O) groups is 1. The number of hydrogen-bond acceptors (Lipinski definition) is 9. The van der Waals surface area contributed by atoms with Gasteiger partial charge >= 0.3 is 0 Å². The van der Waals surface area contributed by atoms with Crippen LogP contribution in [0.4, 0.5) is 0 Å². The number of primary amides is 1. The van der Waals surface area contributed by atoms with Gasteiger partial charge in [-0.05, 0) is 6.42 Å². The Kier molecular flexibility index (Phi) is 5.16. The van der Waals surface area contributed by atoms with Gasteiger partial charge in [-0.25, -0.2) is 0 Å². The molecule has 0 saturated carbocycles. The second-order valence-electron chi connectivity index (χ2n) is 3.32. The molecule has 10 heteroatoms. The van der Waals surface area contributed by atoms with E-state index in [4.69, 9.17) is 10.2 Å². The van der Waals surface area contributed by atoms with E-state index >= 15 is 0 Å². The van der Waals surface area contributed by atoms with Gasteiger partial charge in [-0.1, -0.05) is 41.8 Å². The van der Waals surface area contributed by atoms with Crippen LogP contribution in [0.25, 0.3) is 0 Å². The first-order valence-electron chi connectivity index (χ1n) is 5.36. The zero-order chi connectivity index (χ0) is 13.7. The normalized spacial score (nSPS) is 10.8. The molecule has 19 heavy (non-hydrogen) atoms. The molecule has 0 aromatic carbocycles. The van der Waals surface area contributed by atoms with Gasteiger partial charge in [-0.3, -0.25) is 4.79 Å². The Bertz CT molecular complexity index is 556. The molecule has 1 amide bonds. The van der Waals surface area contributed by atoms with Crippen LogP contribution in [-0.2, 0) is 17.0 Å². The van der Waals surface area contributed by atoms with E-state index in [2.05, 4.69) is 20.4 Å². The minimum Gasteiger partial charge on any atom is -0.415 e. The summed E-state index contributed by atoms with van der Waals surface area (Å²) >= 11 is 4.18. The molecular formula is C9H11N5O2S3. The predicted octanol–water partition coefficient (Wildman–Crippen LogP) is 1.35. The Morgan fingerprint density at radius 3 is 2.84 bits per heavy atom. The van der Waals surface area contributed by atoms with Gasteiger partial charge in [0, 0.05) is 0 Å². The number of hydrogen-bond donors (Lipinski definition) is 1. The average molecular weight is 317 g/mol. The minimum absolute atomic E-state index is 0.130. The van der Waals surface area contributed by atoms with Gasteiger partial charge in [-0.2, -0.15) is 0 Å². The summed E-state index contributed by atoms with van der Waals surface area (Å²) in [7, 11) is 0. The summed E-state index contributed by atoms with van der Waals surface area (Å²) in [4.78, 5) is 10.6. The molecule has 7 nitrogen and oxygen atoms in total. The molecule has 2 N–H and O–H groups in total. The largest absolute Gasteiger partial charge is 0.415 e. The fourth-order valence-electron chi connectivity index (χ4n) is 1.05. The van der Waals surface area contributed by atoms with E-state index in [0.717, 1.165) is 27.5 Å². The van der Waals surface area contributed by atoms with Crippen LogP contribution in [-0.4, -0.2) is 32.1 Å². The second-order valence-corrected chi connectivity index (χ2v) is 6.53. The van der Waals surface area contributed by atoms with Crippen molar-refractivity contribution in [2.45, 2.75) is 28.7 Å². The van der Waals surface area contributed by atoms with Crippen LogP contribution in [0, 0.1) is 0 Å². The zero-order valence-electron chi connectivity index (χ0n) is 10.0. The highest BCUT2D eigenvalue weighted by molar-refractivity contribution is 8.00. The second kappa shape index (κ2) is 6.87. The van der Waals surface area contributed by atoms with E-state index in [9.17, 15) is 4.79 Å². The van der Waals surface area contributed by atoms with E-state index in [1.165, 1.54) is 11.8 Å². The fourth-order valence-corrected chi connectivity index (χ4v) is 3.24. The quantitative estimate of drug-likeness (QED) is 0.762. The monoisotopic (exact) mass is 317 g/mol. The van der Waals surface area contributed by atoms with Crippen molar-refractivity contribution < 1.29 is 9.21 Å². The first-order chi connectivity index (χ1) is 9.17. The number of nitrogens with zero attached hydrogens (tertiary/aromatic N) is 4. The number of amides is 1. The molecule has 0 atom stereocenters. The maximum Gasteiger partial charge on any atom is 0.277 e. The lowest BCUT2D eigenvalue weighted by Crippen LogP contribution is -2.12. The Morgan fingerprint density at radius 2 is 2.16 bits per heavy atom. The van der Waals surface area contributed by atoms with Crippen molar-refractivity contribution in [1.82, 2.24) is 20.4 Å². The summed E-state index contributed by atoms with van der Waals surface area (Å²) in [5, 5.41) is 17.1. The number of carbonyl (C=O) groups excluding carboxylic acids is 1. The van der Waals surface area contributed by atoms with Gasteiger partial charge in [0.2, 0.25) is 11.8 Å². The molecule has 0 aliphatic carbocycles. The number of thioether (sulfide) groups is 2.